The van der Waals surface area contributed by atoms with Crippen LogP contribution in [0.3, 0.4) is 0 Å². The number of halogens is 1. The molecular formula is C17H18ClNO2. The molecule has 2 aromatic carbocycles. The monoisotopic (exact) mass is 303 g/mol. The maximum atomic E-state index is 12.5. The standard InChI is InChI=1S/C17H18ClNO2/c1-3-15(17(20)12-5-7-13(18)8-6-12)21-16-9-4-11(2)10-14(16)19/h4-10,15H,3,19H2,1-2H3. The van der Waals surface area contributed by atoms with E-state index >= 15 is 0 Å². The predicted octanol–water partition coefficient (Wildman–Crippen LogP) is 4.27. The van der Waals surface area contributed by atoms with Crippen LogP contribution in [0.25, 0.3) is 0 Å². The first kappa shape index (κ1) is 15.4. The Kier molecular flexibility index (Phi) is 4.86. The van der Waals surface area contributed by atoms with Gasteiger partial charge in [-0.05, 0) is 55.3 Å². The Balaban J connectivity index is 2.19. The quantitative estimate of drug-likeness (QED) is 0.663. The number of hydrogen-bond donors (Lipinski definition) is 1. The molecular weight excluding hydrogens is 286 g/mol. The highest BCUT2D eigenvalue weighted by Gasteiger charge is 2.21. The van der Waals surface area contributed by atoms with Gasteiger partial charge in [-0.3, -0.25) is 4.79 Å². The SMILES string of the molecule is CCC(Oc1ccc(C)cc1N)C(=O)c1ccc(Cl)cc1. The molecule has 0 saturated carbocycles. The van der Waals surface area contributed by atoms with Crippen LogP contribution < -0.4 is 10.5 Å². The van der Waals surface area contributed by atoms with Gasteiger partial charge in [-0.1, -0.05) is 24.6 Å². The van der Waals surface area contributed by atoms with E-state index in [2.05, 4.69) is 0 Å². The molecule has 2 N–H and O–H groups in total. The maximum Gasteiger partial charge on any atom is 0.203 e. The lowest BCUT2D eigenvalue weighted by molar-refractivity contribution is 0.0788. The molecule has 2 aromatic rings. The smallest absolute Gasteiger partial charge is 0.203 e. The second kappa shape index (κ2) is 6.64. The average molecular weight is 304 g/mol. The molecule has 0 aliphatic rings. The van der Waals surface area contributed by atoms with Crippen LogP contribution in [0.2, 0.25) is 5.02 Å². The maximum absolute atomic E-state index is 12.5. The molecule has 2 rings (SSSR count). The first-order valence-corrected chi connectivity index (χ1v) is 7.21. The summed E-state index contributed by atoms with van der Waals surface area (Å²) in [5, 5.41) is 0.600. The van der Waals surface area contributed by atoms with Crippen LogP contribution >= 0.6 is 11.6 Å². The van der Waals surface area contributed by atoms with Gasteiger partial charge >= 0.3 is 0 Å². The Morgan fingerprint density at radius 1 is 1.24 bits per heavy atom. The molecule has 0 fully saturated rings. The van der Waals surface area contributed by atoms with Crippen LogP contribution in [-0.2, 0) is 0 Å². The van der Waals surface area contributed by atoms with Gasteiger partial charge in [-0.2, -0.15) is 0 Å². The lowest BCUT2D eigenvalue weighted by atomic mass is 10.0. The fraction of sp³-hybridized carbons (Fsp3) is 0.235. The summed E-state index contributed by atoms with van der Waals surface area (Å²) in [5.41, 5.74) is 8.10. The second-order valence-electron chi connectivity index (χ2n) is 4.93. The molecule has 0 radical (unpaired) electrons. The van der Waals surface area contributed by atoms with E-state index < -0.39 is 6.10 Å². The highest BCUT2D eigenvalue weighted by atomic mass is 35.5. The number of aryl methyl sites for hydroxylation is 1. The summed E-state index contributed by atoms with van der Waals surface area (Å²) in [6.07, 6.45) is 0.00517. The molecule has 0 aliphatic carbocycles. The van der Waals surface area contributed by atoms with Crippen molar-refractivity contribution in [2.45, 2.75) is 26.4 Å². The van der Waals surface area contributed by atoms with E-state index in [0.29, 0.717) is 28.4 Å². The molecule has 0 amide bonds. The van der Waals surface area contributed by atoms with Crippen LogP contribution in [0.1, 0.15) is 29.3 Å². The number of rotatable bonds is 5. The van der Waals surface area contributed by atoms with E-state index in [0.717, 1.165) is 5.56 Å². The minimum atomic E-state index is -0.559. The fourth-order valence-corrected chi connectivity index (χ4v) is 2.18. The summed E-state index contributed by atoms with van der Waals surface area (Å²) >= 11 is 5.84. The van der Waals surface area contributed by atoms with Gasteiger partial charge in [0.05, 0.1) is 5.69 Å². The minimum absolute atomic E-state index is 0.0749. The highest BCUT2D eigenvalue weighted by Crippen LogP contribution is 2.25. The van der Waals surface area contributed by atoms with E-state index in [1.54, 1.807) is 30.3 Å². The Labute approximate surface area is 129 Å². The van der Waals surface area contributed by atoms with E-state index in [-0.39, 0.29) is 5.78 Å². The van der Waals surface area contributed by atoms with Crippen molar-refractivity contribution < 1.29 is 9.53 Å². The zero-order chi connectivity index (χ0) is 15.4. The van der Waals surface area contributed by atoms with Gasteiger partial charge < -0.3 is 10.5 Å². The zero-order valence-corrected chi connectivity index (χ0v) is 12.9. The molecule has 1 unspecified atom stereocenters. The summed E-state index contributed by atoms with van der Waals surface area (Å²) in [7, 11) is 0. The molecule has 0 aromatic heterocycles. The minimum Gasteiger partial charge on any atom is -0.480 e. The van der Waals surface area contributed by atoms with Gasteiger partial charge in [0.25, 0.3) is 0 Å². The van der Waals surface area contributed by atoms with Crippen molar-refractivity contribution in [3.05, 3.63) is 58.6 Å². The first-order chi connectivity index (χ1) is 10.0. The summed E-state index contributed by atoms with van der Waals surface area (Å²) in [4.78, 5) is 12.5. The van der Waals surface area contributed by atoms with Crippen molar-refractivity contribution in [3.8, 4) is 5.75 Å². The van der Waals surface area contributed by atoms with Crippen molar-refractivity contribution >= 4 is 23.1 Å². The van der Waals surface area contributed by atoms with Crippen LogP contribution in [0, 0.1) is 6.92 Å². The lowest BCUT2D eigenvalue weighted by Crippen LogP contribution is -2.27. The topological polar surface area (TPSA) is 52.3 Å². The lowest BCUT2D eigenvalue weighted by Gasteiger charge is -2.18. The molecule has 0 aliphatic heterocycles. The van der Waals surface area contributed by atoms with Crippen LogP contribution in [0.4, 0.5) is 5.69 Å². The molecule has 21 heavy (non-hydrogen) atoms. The highest BCUT2D eigenvalue weighted by molar-refractivity contribution is 6.30. The Bertz CT molecular complexity index is 638. The molecule has 0 heterocycles. The van der Waals surface area contributed by atoms with Crippen molar-refractivity contribution in [1.82, 2.24) is 0 Å². The number of nitrogen functional groups attached to an aromatic ring is 1. The van der Waals surface area contributed by atoms with Crippen molar-refractivity contribution in [1.29, 1.82) is 0 Å². The van der Waals surface area contributed by atoms with Gasteiger partial charge in [-0.15, -0.1) is 0 Å². The Morgan fingerprint density at radius 3 is 2.48 bits per heavy atom. The van der Waals surface area contributed by atoms with Crippen molar-refractivity contribution in [2.75, 3.05) is 5.73 Å². The third-order valence-corrected chi connectivity index (χ3v) is 3.48. The van der Waals surface area contributed by atoms with Crippen LogP contribution in [-0.4, -0.2) is 11.9 Å². The van der Waals surface area contributed by atoms with Crippen LogP contribution in [0.5, 0.6) is 5.75 Å². The molecule has 110 valence electrons. The van der Waals surface area contributed by atoms with Crippen molar-refractivity contribution in [3.63, 3.8) is 0 Å². The van der Waals surface area contributed by atoms with E-state index in [1.807, 2.05) is 26.0 Å². The summed E-state index contributed by atoms with van der Waals surface area (Å²) in [5.74, 6) is 0.462. The van der Waals surface area contributed by atoms with Gasteiger partial charge in [0, 0.05) is 10.6 Å². The van der Waals surface area contributed by atoms with Gasteiger partial charge in [0.15, 0.2) is 6.10 Å². The van der Waals surface area contributed by atoms with Crippen molar-refractivity contribution in [2.24, 2.45) is 0 Å². The molecule has 0 saturated heterocycles. The number of nitrogens with two attached hydrogens (primary N) is 1. The van der Waals surface area contributed by atoms with Crippen LogP contribution in [0.15, 0.2) is 42.5 Å². The van der Waals surface area contributed by atoms with E-state index in [1.165, 1.54) is 0 Å². The fourth-order valence-electron chi connectivity index (χ4n) is 2.05. The third kappa shape index (κ3) is 3.76. The number of anilines is 1. The predicted molar refractivity (Wildman–Crippen MR) is 86.1 cm³/mol. The first-order valence-electron chi connectivity index (χ1n) is 6.84. The summed E-state index contributed by atoms with van der Waals surface area (Å²) in [6.45, 7) is 3.86. The number of benzene rings is 2. The Hall–Kier alpha value is -2.00. The van der Waals surface area contributed by atoms with Gasteiger partial charge in [-0.25, -0.2) is 0 Å². The molecule has 1 atom stereocenters. The average Bonchev–Trinajstić information content (AvgIpc) is 2.47. The van der Waals surface area contributed by atoms with E-state index in [9.17, 15) is 4.79 Å². The number of hydrogen-bond acceptors (Lipinski definition) is 3. The summed E-state index contributed by atoms with van der Waals surface area (Å²) in [6, 6.07) is 12.3. The Morgan fingerprint density at radius 2 is 1.90 bits per heavy atom. The molecule has 4 heteroatoms. The van der Waals surface area contributed by atoms with Gasteiger partial charge in [0.2, 0.25) is 5.78 Å². The third-order valence-electron chi connectivity index (χ3n) is 3.23. The van der Waals surface area contributed by atoms with E-state index in [4.69, 9.17) is 22.1 Å². The van der Waals surface area contributed by atoms with Gasteiger partial charge in [0.1, 0.15) is 5.75 Å². The largest absolute Gasteiger partial charge is 0.480 e. The summed E-state index contributed by atoms with van der Waals surface area (Å²) < 4.78 is 5.79. The molecule has 0 bridgehead atoms. The number of carbonyl (C=O) groups excluding carboxylic acids is 1. The normalized spacial score (nSPS) is 12.0. The number of Topliss-reactive ketones (excluding diaryl/α,β-unsaturated/α-hetero) is 1. The second-order valence-corrected chi connectivity index (χ2v) is 5.36. The number of ether oxygens (including phenoxy) is 1. The zero-order valence-electron chi connectivity index (χ0n) is 12.1. The number of carbonyl (C=O) groups is 1. The molecule has 0 spiro atoms. The number of ketones is 1. The molecule has 3 nitrogen and oxygen atoms in total.